The molecule has 0 bridgehead atoms. The van der Waals surface area contributed by atoms with E-state index in [0.29, 0.717) is 62.8 Å². The second kappa shape index (κ2) is 16.2. The number of anilines is 1. The van der Waals surface area contributed by atoms with Gasteiger partial charge in [-0.05, 0) is 95.1 Å². The Morgan fingerprint density at radius 1 is 0.900 bits per heavy atom. The van der Waals surface area contributed by atoms with Gasteiger partial charge in [-0.2, -0.15) is 0 Å². The summed E-state index contributed by atoms with van der Waals surface area (Å²) in [5.74, 6) is -0.209. The number of carbonyl (C=O) groups excluding carboxylic acids is 3. The van der Waals surface area contributed by atoms with Gasteiger partial charge in [0.1, 0.15) is 6.04 Å². The lowest BCUT2D eigenvalue weighted by molar-refractivity contribution is -0.130. The third-order valence-electron chi connectivity index (χ3n) is 9.27. The molecule has 2 aliphatic rings. The summed E-state index contributed by atoms with van der Waals surface area (Å²) >= 11 is 0. The van der Waals surface area contributed by atoms with E-state index in [1.165, 1.54) is 0 Å². The minimum Gasteiger partial charge on any atom is -0.465 e. The van der Waals surface area contributed by atoms with Crippen molar-refractivity contribution in [3.63, 3.8) is 0 Å². The third kappa shape index (κ3) is 8.88. The predicted molar refractivity (Wildman–Crippen MR) is 184 cm³/mol. The molecule has 5 N–H and O–H groups in total. The van der Waals surface area contributed by atoms with E-state index < -0.39 is 12.1 Å². The molecule has 260 valence electrons. The van der Waals surface area contributed by atoms with Gasteiger partial charge >= 0.3 is 6.09 Å². The summed E-state index contributed by atoms with van der Waals surface area (Å²) in [7, 11) is 0. The molecule has 2 heterocycles. The summed E-state index contributed by atoms with van der Waals surface area (Å²) in [6.07, 6.45) is 1.84. The number of carbonyl (C=O) groups is 4. The first-order valence-corrected chi connectivity index (χ1v) is 16.8. The minimum atomic E-state index is -1.05. The lowest BCUT2D eigenvalue weighted by Crippen LogP contribution is -2.48. The molecule has 3 aromatic carbocycles. The number of rotatable bonds is 11. The van der Waals surface area contributed by atoms with E-state index in [0.717, 1.165) is 35.1 Å². The number of aromatic nitrogens is 4. The van der Waals surface area contributed by atoms with Gasteiger partial charge in [-0.25, -0.2) is 9.89 Å². The van der Waals surface area contributed by atoms with Crippen LogP contribution in [0.3, 0.4) is 0 Å². The van der Waals surface area contributed by atoms with Crippen molar-refractivity contribution in [1.29, 1.82) is 0 Å². The van der Waals surface area contributed by atoms with Crippen LogP contribution >= 0.6 is 0 Å². The van der Waals surface area contributed by atoms with Crippen LogP contribution in [0.5, 0.6) is 0 Å². The van der Waals surface area contributed by atoms with Gasteiger partial charge in [-0.3, -0.25) is 14.4 Å². The Bertz CT molecular complexity index is 1780. The Hall–Kier alpha value is -5.63. The van der Waals surface area contributed by atoms with Gasteiger partial charge in [0.2, 0.25) is 11.8 Å². The Morgan fingerprint density at radius 2 is 1.62 bits per heavy atom. The van der Waals surface area contributed by atoms with Crippen LogP contribution in [0, 0.1) is 11.8 Å². The van der Waals surface area contributed by atoms with Crippen molar-refractivity contribution in [2.24, 2.45) is 11.8 Å². The van der Waals surface area contributed by atoms with E-state index in [4.69, 9.17) is 9.84 Å². The summed E-state index contributed by atoms with van der Waals surface area (Å²) < 4.78 is 5.39. The molecule has 1 saturated heterocycles. The highest BCUT2D eigenvalue weighted by Gasteiger charge is 2.30. The van der Waals surface area contributed by atoms with Crippen LogP contribution < -0.4 is 16.0 Å². The molecule has 1 saturated carbocycles. The monoisotopic (exact) mass is 680 g/mol. The predicted octanol–water partition coefficient (Wildman–Crippen LogP) is 3.75. The lowest BCUT2D eigenvalue weighted by Gasteiger charge is -2.29. The maximum Gasteiger partial charge on any atom is 0.404 e. The van der Waals surface area contributed by atoms with Crippen LogP contribution in [-0.4, -0.2) is 93.3 Å². The minimum absolute atomic E-state index is 0.0385. The fourth-order valence-electron chi connectivity index (χ4n) is 6.48. The second-order valence-corrected chi connectivity index (χ2v) is 12.7. The number of aromatic amines is 1. The Kier molecular flexibility index (Phi) is 11.1. The summed E-state index contributed by atoms with van der Waals surface area (Å²) in [5, 5.41) is 31.2. The smallest absolute Gasteiger partial charge is 0.404 e. The Morgan fingerprint density at radius 3 is 2.32 bits per heavy atom. The number of carboxylic acid groups (broad SMARTS) is 1. The number of tetrazole rings is 1. The molecule has 1 atom stereocenters. The molecule has 0 unspecified atom stereocenters. The Labute approximate surface area is 289 Å². The maximum absolute atomic E-state index is 13.8. The number of hydrogen-bond acceptors (Lipinski definition) is 8. The molecule has 1 aromatic heterocycles. The number of nitrogens with one attached hydrogen (secondary N) is 4. The van der Waals surface area contributed by atoms with E-state index >= 15 is 0 Å². The zero-order valence-electron chi connectivity index (χ0n) is 27.5. The van der Waals surface area contributed by atoms with Gasteiger partial charge in [0.15, 0.2) is 5.82 Å². The van der Waals surface area contributed by atoms with Crippen molar-refractivity contribution in [3.8, 4) is 22.5 Å². The van der Waals surface area contributed by atoms with Gasteiger partial charge in [-0.1, -0.05) is 36.4 Å². The normalized spacial score (nSPS) is 18.1. The maximum atomic E-state index is 13.8. The molecular formula is C36H40N8O6. The number of benzene rings is 3. The molecule has 1 aliphatic heterocycles. The van der Waals surface area contributed by atoms with Crippen LogP contribution in [0.1, 0.15) is 41.6 Å². The van der Waals surface area contributed by atoms with Crippen molar-refractivity contribution in [2.45, 2.75) is 38.1 Å². The molecule has 14 heteroatoms. The van der Waals surface area contributed by atoms with Crippen LogP contribution in [-0.2, 0) is 20.7 Å². The summed E-state index contributed by atoms with van der Waals surface area (Å²) in [4.78, 5) is 53.2. The van der Waals surface area contributed by atoms with Crippen LogP contribution in [0.4, 0.5) is 10.5 Å². The first-order valence-electron chi connectivity index (χ1n) is 16.8. The van der Waals surface area contributed by atoms with Crippen molar-refractivity contribution < 1.29 is 29.0 Å². The van der Waals surface area contributed by atoms with Gasteiger partial charge in [0.05, 0.1) is 13.2 Å². The molecule has 6 rings (SSSR count). The third-order valence-corrected chi connectivity index (χ3v) is 9.27. The van der Waals surface area contributed by atoms with Crippen LogP contribution in [0.15, 0.2) is 72.8 Å². The molecule has 0 spiro atoms. The SMILES string of the molecule is O=C(O)NC[C@H]1CC[C@H](C(=O)N[C@@H](Cc2cccc(-c3cccc(C(=O)N4CCOCC4)c3)c2)C(=O)Nc2ccc(-c3nnn[nH]3)cc2)CC1. The highest BCUT2D eigenvalue weighted by molar-refractivity contribution is 5.98. The average Bonchev–Trinajstić information content (AvgIpc) is 3.70. The zero-order valence-corrected chi connectivity index (χ0v) is 27.5. The molecule has 50 heavy (non-hydrogen) atoms. The summed E-state index contributed by atoms with van der Waals surface area (Å²) in [5.41, 5.74) is 4.48. The van der Waals surface area contributed by atoms with Gasteiger partial charge in [-0.15, -0.1) is 5.10 Å². The van der Waals surface area contributed by atoms with Crippen LogP contribution in [0.2, 0.25) is 0 Å². The molecule has 14 nitrogen and oxygen atoms in total. The number of hydrogen-bond donors (Lipinski definition) is 5. The van der Waals surface area contributed by atoms with E-state index in [1.54, 1.807) is 29.2 Å². The molecule has 2 fully saturated rings. The number of amides is 4. The molecule has 1 aliphatic carbocycles. The van der Waals surface area contributed by atoms with Crippen LogP contribution in [0.25, 0.3) is 22.5 Å². The second-order valence-electron chi connectivity index (χ2n) is 12.7. The summed E-state index contributed by atoms with van der Waals surface area (Å²) in [6, 6.07) is 21.4. The molecule has 4 amide bonds. The first-order chi connectivity index (χ1) is 24.3. The zero-order chi connectivity index (χ0) is 34.9. The van der Waals surface area contributed by atoms with Crippen molar-refractivity contribution in [2.75, 3.05) is 38.2 Å². The number of morpholine rings is 1. The largest absolute Gasteiger partial charge is 0.465 e. The topological polar surface area (TPSA) is 192 Å². The fraction of sp³-hybridized carbons (Fsp3) is 0.361. The van der Waals surface area contributed by atoms with E-state index in [9.17, 15) is 19.2 Å². The molecular weight excluding hydrogens is 640 g/mol. The van der Waals surface area contributed by atoms with Gasteiger partial charge in [0.25, 0.3) is 5.91 Å². The van der Waals surface area contributed by atoms with Gasteiger partial charge < -0.3 is 30.7 Å². The molecule has 4 aromatic rings. The fourth-order valence-corrected chi connectivity index (χ4v) is 6.48. The molecule has 0 radical (unpaired) electrons. The van der Waals surface area contributed by atoms with E-state index in [-0.39, 0.29) is 36.0 Å². The first kappa shape index (κ1) is 34.2. The van der Waals surface area contributed by atoms with Crippen molar-refractivity contribution in [1.82, 2.24) is 36.2 Å². The standard InChI is InChI=1S/C36H40N8O6/c45-33(26-9-7-23(8-10-26)22-37-36(48)49)39-31(34(46)38-30-13-11-25(12-14-30)32-40-42-43-41-32)20-24-3-1-4-27(19-24)28-5-2-6-29(21-28)35(47)44-15-17-50-18-16-44/h1-6,11-14,19,21,23,26,31,37H,7-10,15-18,20,22H2,(H,38,46)(H,39,45)(H,48,49)(H,40,41,42,43)/t23-,26-,31-/m0/s1. The van der Waals surface area contributed by atoms with Gasteiger partial charge in [0, 0.05) is 48.8 Å². The van der Waals surface area contributed by atoms with E-state index in [2.05, 4.69) is 36.6 Å². The summed E-state index contributed by atoms with van der Waals surface area (Å²) in [6.45, 7) is 2.52. The highest BCUT2D eigenvalue weighted by atomic mass is 16.5. The number of ether oxygens (including phenoxy) is 1. The Balaban J connectivity index is 1.17. The highest BCUT2D eigenvalue weighted by Crippen LogP contribution is 2.29. The lowest BCUT2D eigenvalue weighted by atomic mass is 9.81. The number of nitrogens with zero attached hydrogens (tertiary/aromatic N) is 4. The van der Waals surface area contributed by atoms with Crippen molar-refractivity contribution >= 4 is 29.5 Å². The number of H-pyrrole nitrogens is 1. The average molecular weight is 681 g/mol. The van der Waals surface area contributed by atoms with E-state index in [1.807, 2.05) is 48.5 Å². The van der Waals surface area contributed by atoms with Crippen molar-refractivity contribution in [3.05, 3.63) is 83.9 Å². The quantitative estimate of drug-likeness (QED) is 0.157.